The lowest BCUT2D eigenvalue weighted by Crippen LogP contribution is -2.42. The van der Waals surface area contributed by atoms with Gasteiger partial charge in [-0.3, -0.25) is 9.79 Å². The van der Waals surface area contributed by atoms with Gasteiger partial charge in [-0.1, -0.05) is 40.2 Å². The molecule has 1 amide bonds. The Morgan fingerprint density at radius 3 is 2.85 bits per heavy atom. The molecule has 2 atom stereocenters. The molecule has 1 unspecified atom stereocenters. The van der Waals surface area contributed by atoms with Gasteiger partial charge in [0.15, 0.2) is 5.84 Å². The largest absolute Gasteiger partial charge is 0.375 e. The number of amides is 1. The Morgan fingerprint density at radius 1 is 1.31 bits per heavy atom. The number of fused-ring (bicyclic) bond motifs is 2. The zero-order chi connectivity index (χ0) is 18.4. The molecule has 5 nitrogen and oxygen atoms in total. The Morgan fingerprint density at radius 2 is 2.08 bits per heavy atom. The molecule has 1 aromatic carbocycles. The number of aliphatic imine (C=N–C) groups is 1. The van der Waals surface area contributed by atoms with Crippen molar-refractivity contribution in [3.8, 4) is 0 Å². The van der Waals surface area contributed by atoms with Crippen LogP contribution in [0.5, 0.6) is 0 Å². The molecule has 0 fully saturated rings. The molecular formula is C20H23BrN4O. The minimum Gasteiger partial charge on any atom is -0.375 e. The van der Waals surface area contributed by atoms with Crippen molar-refractivity contribution in [1.29, 1.82) is 0 Å². The van der Waals surface area contributed by atoms with Crippen molar-refractivity contribution in [2.45, 2.75) is 24.3 Å². The zero-order valence-corrected chi connectivity index (χ0v) is 16.9. The molecule has 3 heterocycles. The van der Waals surface area contributed by atoms with Gasteiger partial charge < -0.3 is 14.7 Å². The Kier molecular flexibility index (Phi) is 4.39. The SMILES string of the molecule is C[C@@H]1c2ccccc2CCN1C(=O)C1=CN2C(=NCC2Br)C(N(C)C)=C1. The molecule has 3 aliphatic rings. The van der Waals surface area contributed by atoms with Gasteiger partial charge in [0.25, 0.3) is 5.91 Å². The summed E-state index contributed by atoms with van der Waals surface area (Å²) in [6.45, 7) is 3.55. The number of hydrogen-bond acceptors (Lipinski definition) is 4. The summed E-state index contributed by atoms with van der Waals surface area (Å²) >= 11 is 3.66. The first kappa shape index (κ1) is 17.3. The van der Waals surface area contributed by atoms with Gasteiger partial charge in [0.1, 0.15) is 4.95 Å². The molecule has 0 spiro atoms. The lowest BCUT2D eigenvalue weighted by Gasteiger charge is -2.37. The van der Waals surface area contributed by atoms with E-state index in [1.165, 1.54) is 11.1 Å². The number of nitrogens with zero attached hydrogens (tertiary/aromatic N) is 4. The summed E-state index contributed by atoms with van der Waals surface area (Å²) in [4.78, 5) is 24.1. The number of carbonyl (C=O) groups is 1. The molecule has 0 saturated heterocycles. The first-order valence-electron chi connectivity index (χ1n) is 8.94. The highest BCUT2D eigenvalue weighted by molar-refractivity contribution is 9.09. The van der Waals surface area contributed by atoms with Crippen LogP contribution in [0.3, 0.4) is 0 Å². The van der Waals surface area contributed by atoms with Crippen molar-refractivity contribution >= 4 is 27.7 Å². The van der Waals surface area contributed by atoms with Crippen LogP contribution in [0.4, 0.5) is 0 Å². The Hall–Kier alpha value is -2.08. The van der Waals surface area contributed by atoms with Crippen LogP contribution in [0.1, 0.15) is 24.1 Å². The fourth-order valence-corrected chi connectivity index (χ4v) is 4.34. The van der Waals surface area contributed by atoms with Crippen LogP contribution in [0.15, 0.2) is 52.8 Å². The van der Waals surface area contributed by atoms with E-state index in [0.717, 1.165) is 24.5 Å². The van der Waals surface area contributed by atoms with E-state index in [1.54, 1.807) is 0 Å². The molecule has 0 saturated carbocycles. The van der Waals surface area contributed by atoms with Crippen molar-refractivity contribution in [1.82, 2.24) is 14.7 Å². The third kappa shape index (κ3) is 2.76. The fraction of sp³-hybridized carbons (Fsp3) is 0.400. The van der Waals surface area contributed by atoms with Gasteiger partial charge in [-0.05, 0) is 30.5 Å². The molecular weight excluding hydrogens is 392 g/mol. The van der Waals surface area contributed by atoms with Crippen LogP contribution in [0.2, 0.25) is 0 Å². The fourth-order valence-electron chi connectivity index (χ4n) is 3.88. The lowest BCUT2D eigenvalue weighted by molar-refractivity contribution is -0.129. The van der Waals surface area contributed by atoms with Gasteiger partial charge in [0, 0.05) is 26.8 Å². The number of amidine groups is 1. The highest BCUT2D eigenvalue weighted by Gasteiger charge is 2.35. The zero-order valence-electron chi connectivity index (χ0n) is 15.3. The second kappa shape index (κ2) is 6.58. The molecule has 0 aliphatic carbocycles. The van der Waals surface area contributed by atoms with Crippen molar-refractivity contribution in [3.63, 3.8) is 0 Å². The van der Waals surface area contributed by atoms with Crippen LogP contribution in [0, 0.1) is 0 Å². The first-order chi connectivity index (χ1) is 12.5. The predicted octanol–water partition coefficient (Wildman–Crippen LogP) is 2.91. The van der Waals surface area contributed by atoms with Crippen LogP contribution in [-0.4, -0.2) is 58.6 Å². The number of hydrogen-bond donors (Lipinski definition) is 0. The van der Waals surface area contributed by atoms with E-state index in [-0.39, 0.29) is 16.9 Å². The molecule has 26 heavy (non-hydrogen) atoms. The molecule has 0 radical (unpaired) electrons. The Bertz CT molecular complexity index is 842. The number of alkyl halides is 1. The summed E-state index contributed by atoms with van der Waals surface area (Å²) in [5, 5.41) is 0. The molecule has 136 valence electrons. The third-order valence-corrected chi connectivity index (χ3v) is 6.05. The number of rotatable bonds is 2. The highest BCUT2D eigenvalue weighted by atomic mass is 79.9. The van der Waals surface area contributed by atoms with Crippen molar-refractivity contribution < 1.29 is 4.79 Å². The van der Waals surface area contributed by atoms with E-state index in [0.29, 0.717) is 12.1 Å². The van der Waals surface area contributed by atoms with E-state index in [1.807, 2.05) is 36.2 Å². The predicted molar refractivity (Wildman–Crippen MR) is 107 cm³/mol. The average Bonchev–Trinajstić information content (AvgIpc) is 3.02. The number of carbonyl (C=O) groups excluding carboxylic acids is 1. The third-order valence-electron chi connectivity index (χ3n) is 5.32. The summed E-state index contributed by atoms with van der Waals surface area (Å²) in [5.74, 6) is 1.00. The summed E-state index contributed by atoms with van der Waals surface area (Å²) in [6, 6.07) is 8.51. The number of halogens is 1. The van der Waals surface area contributed by atoms with Gasteiger partial charge in [-0.25, -0.2) is 0 Å². The first-order valence-corrected chi connectivity index (χ1v) is 9.86. The summed E-state index contributed by atoms with van der Waals surface area (Å²) in [7, 11) is 3.97. The van der Waals surface area contributed by atoms with Crippen LogP contribution < -0.4 is 0 Å². The topological polar surface area (TPSA) is 39.2 Å². The van der Waals surface area contributed by atoms with E-state index < -0.39 is 0 Å². The molecule has 0 N–H and O–H groups in total. The second-order valence-corrected chi connectivity index (χ2v) is 8.19. The maximum absolute atomic E-state index is 13.3. The van der Waals surface area contributed by atoms with Crippen molar-refractivity contribution in [3.05, 3.63) is 58.9 Å². The van der Waals surface area contributed by atoms with E-state index >= 15 is 0 Å². The van der Waals surface area contributed by atoms with Crippen LogP contribution >= 0.6 is 15.9 Å². The van der Waals surface area contributed by atoms with Crippen LogP contribution in [0.25, 0.3) is 0 Å². The molecule has 6 heteroatoms. The molecule has 0 aromatic heterocycles. The summed E-state index contributed by atoms with van der Waals surface area (Å²) in [5.41, 5.74) is 4.29. The van der Waals surface area contributed by atoms with E-state index in [2.05, 4.69) is 57.0 Å². The van der Waals surface area contributed by atoms with Gasteiger partial charge >= 0.3 is 0 Å². The Balaban J connectivity index is 1.66. The van der Waals surface area contributed by atoms with Gasteiger partial charge in [0.05, 0.1) is 23.9 Å². The highest BCUT2D eigenvalue weighted by Crippen LogP contribution is 2.33. The minimum atomic E-state index is 0.0806. The standard InChI is InChI=1S/C20H23BrN4O/c1-13-16-7-5-4-6-14(16)8-9-24(13)20(26)15-10-17(23(2)3)19-22-11-18(21)25(19)12-15/h4-7,10,12-13,18H,8-9,11H2,1-3H3/t13-,18?/m1/s1. The lowest BCUT2D eigenvalue weighted by atomic mass is 9.93. The smallest absolute Gasteiger partial charge is 0.255 e. The Labute approximate surface area is 162 Å². The summed E-state index contributed by atoms with van der Waals surface area (Å²) in [6.07, 6.45) is 4.81. The van der Waals surface area contributed by atoms with E-state index in [4.69, 9.17) is 0 Å². The summed E-state index contributed by atoms with van der Waals surface area (Å²) < 4.78 is 0. The average molecular weight is 415 g/mol. The van der Waals surface area contributed by atoms with Crippen molar-refractivity contribution in [2.24, 2.45) is 4.99 Å². The number of likely N-dealkylation sites (N-methyl/N-ethyl adjacent to an activating group) is 1. The molecule has 4 rings (SSSR count). The second-order valence-electron chi connectivity index (χ2n) is 7.14. The quantitative estimate of drug-likeness (QED) is 0.551. The van der Waals surface area contributed by atoms with Gasteiger partial charge in [0.2, 0.25) is 0 Å². The van der Waals surface area contributed by atoms with Crippen LogP contribution in [-0.2, 0) is 11.2 Å². The molecule has 0 bridgehead atoms. The minimum absolute atomic E-state index is 0.0806. The van der Waals surface area contributed by atoms with Crippen molar-refractivity contribution in [2.75, 3.05) is 27.2 Å². The maximum atomic E-state index is 13.3. The van der Waals surface area contributed by atoms with E-state index in [9.17, 15) is 4.79 Å². The van der Waals surface area contributed by atoms with Gasteiger partial charge in [-0.15, -0.1) is 0 Å². The normalized spacial score (nSPS) is 24.4. The molecule has 1 aromatic rings. The molecule has 3 aliphatic heterocycles. The monoisotopic (exact) mass is 414 g/mol. The maximum Gasteiger partial charge on any atom is 0.255 e. The number of benzene rings is 1. The van der Waals surface area contributed by atoms with Gasteiger partial charge in [-0.2, -0.15) is 0 Å².